The van der Waals surface area contributed by atoms with Crippen LogP contribution >= 0.6 is 11.8 Å². The molecule has 1 heterocycles. The Morgan fingerprint density at radius 1 is 1.29 bits per heavy atom. The number of hydrogen-bond donors (Lipinski definition) is 1. The van der Waals surface area contributed by atoms with Crippen LogP contribution in [0.2, 0.25) is 0 Å². The second kappa shape index (κ2) is 6.44. The topological polar surface area (TPSA) is 15.3 Å². The van der Waals surface area contributed by atoms with Crippen LogP contribution in [0.5, 0.6) is 0 Å². The Hall–Kier alpha value is 0.270. The predicted octanol–water partition coefficient (Wildman–Crippen LogP) is 2.73. The van der Waals surface area contributed by atoms with Crippen molar-refractivity contribution in [2.75, 3.05) is 19.3 Å². The van der Waals surface area contributed by atoms with Gasteiger partial charge in [-0.3, -0.25) is 4.90 Å². The van der Waals surface area contributed by atoms with Gasteiger partial charge in [0.1, 0.15) is 0 Å². The molecule has 1 saturated heterocycles. The zero-order chi connectivity index (χ0) is 12.3. The zero-order valence-electron chi connectivity index (χ0n) is 11.6. The van der Waals surface area contributed by atoms with E-state index in [1.165, 1.54) is 44.4 Å². The van der Waals surface area contributed by atoms with Crippen molar-refractivity contribution in [2.24, 2.45) is 0 Å². The number of rotatable bonds is 4. The molecule has 4 unspecified atom stereocenters. The fraction of sp³-hybridized carbons (Fsp3) is 1.00. The molecule has 2 nitrogen and oxygen atoms in total. The Labute approximate surface area is 111 Å². The molecular weight excluding hydrogens is 228 g/mol. The first-order valence-corrected chi connectivity index (χ1v) is 8.35. The van der Waals surface area contributed by atoms with Gasteiger partial charge >= 0.3 is 0 Å². The van der Waals surface area contributed by atoms with Crippen LogP contribution in [0.25, 0.3) is 0 Å². The quantitative estimate of drug-likeness (QED) is 0.832. The lowest BCUT2D eigenvalue weighted by molar-refractivity contribution is 0.0942. The Balaban J connectivity index is 1.92. The van der Waals surface area contributed by atoms with Gasteiger partial charge in [-0.05, 0) is 45.4 Å². The molecule has 1 aliphatic heterocycles. The predicted molar refractivity (Wildman–Crippen MR) is 77.8 cm³/mol. The lowest BCUT2D eigenvalue weighted by Crippen LogP contribution is -2.52. The summed E-state index contributed by atoms with van der Waals surface area (Å²) in [5.74, 6) is 1.28. The van der Waals surface area contributed by atoms with Crippen LogP contribution < -0.4 is 5.32 Å². The summed E-state index contributed by atoms with van der Waals surface area (Å²) in [6.07, 6.45) is 6.99. The average Bonchev–Trinajstić information content (AvgIpc) is 2.77. The molecule has 4 atom stereocenters. The summed E-state index contributed by atoms with van der Waals surface area (Å²) in [6, 6.07) is 2.39. The van der Waals surface area contributed by atoms with E-state index in [1.807, 2.05) is 0 Å². The van der Waals surface area contributed by atoms with Crippen LogP contribution in [0.3, 0.4) is 0 Å². The summed E-state index contributed by atoms with van der Waals surface area (Å²) in [5, 5.41) is 4.36. The highest BCUT2D eigenvalue weighted by Crippen LogP contribution is 2.36. The summed E-state index contributed by atoms with van der Waals surface area (Å²) in [5.41, 5.74) is 0. The first-order chi connectivity index (χ1) is 8.26. The Morgan fingerprint density at radius 3 is 2.76 bits per heavy atom. The van der Waals surface area contributed by atoms with Gasteiger partial charge in [-0.2, -0.15) is 11.8 Å². The molecule has 1 aliphatic carbocycles. The number of hydrogen-bond acceptors (Lipinski definition) is 3. The van der Waals surface area contributed by atoms with E-state index in [2.05, 4.69) is 42.9 Å². The van der Waals surface area contributed by atoms with Gasteiger partial charge < -0.3 is 5.32 Å². The molecule has 2 aliphatic rings. The molecule has 100 valence electrons. The van der Waals surface area contributed by atoms with E-state index in [-0.39, 0.29) is 0 Å². The van der Waals surface area contributed by atoms with Crippen molar-refractivity contribution >= 4 is 11.8 Å². The highest BCUT2D eigenvalue weighted by Gasteiger charge is 2.36. The molecule has 1 N–H and O–H groups in total. The van der Waals surface area contributed by atoms with E-state index in [0.717, 1.165) is 23.4 Å². The second-order valence-electron chi connectivity index (χ2n) is 5.59. The Bertz CT molecular complexity index is 234. The van der Waals surface area contributed by atoms with Crippen LogP contribution in [0, 0.1) is 0 Å². The van der Waals surface area contributed by atoms with Crippen molar-refractivity contribution in [1.29, 1.82) is 0 Å². The molecule has 0 aromatic heterocycles. The maximum Gasteiger partial charge on any atom is 0.0217 e. The molecule has 0 bridgehead atoms. The normalized spacial score (nSPS) is 39.7. The van der Waals surface area contributed by atoms with E-state index in [1.54, 1.807) is 0 Å². The smallest absolute Gasteiger partial charge is 0.0217 e. The van der Waals surface area contributed by atoms with Crippen molar-refractivity contribution < 1.29 is 0 Å². The van der Waals surface area contributed by atoms with Gasteiger partial charge in [-0.1, -0.05) is 13.3 Å². The van der Waals surface area contributed by atoms with E-state index in [0.29, 0.717) is 0 Å². The van der Waals surface area contributed by atoms with Gasteiger partial charge in [0.25, 0.3) is 0 Å². The minimum atomic E-state index is 0.750. The molecule has 0 amide bonds. The summed E-state index contributed by atoms with van der Waals surface area (Å²) >= 11 is 2.19. The van der Waals surface area contributed by atoms with Crippen molar-refractivity contribution in [2.45, 2.75) is 69.3 Å². The van der Waals surface area contributed by atoms with Gasteiger partial charge in [-0.15, -0.1) is 0 Å². The largest absolute Gasteiger partial charge is 0.317 e. The van der Waals surface area contributed by atoms with Crippen molar-refractivity contribution in [3.05, 3.63) is 0 Å². The highest BCUT2D eigenvalue weighted by molar-refractivity contribution is 7.99. The van der Waals surface area contributed by atoms with Gasteiger partial charge in [0.15, 0.2) is 0 Å². The number of piperidine rings is 1. The third-order valence-electron chi connectivity index (χ3n) is 4.56. The van der Waals surface area contributed by atoms with Crippen molar-refractivity contribution in [3.8, 4) is 0 Å². The number of likely N-dealkylation sites (tertiary alicyclic amines) is 1. The van der Waals surface area contributed by atoms with E-state index in [4.69, 9.17) is 0 Å². The monoisotopic (exact) mass is 256 g/mol. The molecule has 1 saturated carbocycles. The fourth-order valence-corrected chi connectivity index (χ4v) is 4.92. The van der Waals surface area contributed by atoms with Gasteiger partial charge in [0, 0.05) is 29.9 Å². The van der Waals surface area contributed by atoms with Gasteiger partial charge in [0.05, 0.1) is 0 Å². The van der Waals surface area contributed by atoms with Crippen LogP contribution in [-0.2, 0) is 0 Å². The van der Waals surface area contributed by atoms with E-state index in [9.17, 15) is 0 Å². The van der Waals surface area contributed by atoms with Gasteiger partial charge in [0.2, 0.25) is 0 Å². The maximum absolute atomic E-state index is 3.45. The molecule has 0 spiro atoms. The van der Waals surface area contributed by atoms with Crippen molar-refractivity contribution in [1.82, 2.24) is 10.2 Å². The van der Waals surface area contributed by atoms with Gasteiger partial charge in [-0.25, -0.2) is 0 Å². The molecular formula is C14H28N2S. The standard InChI is InChI=1S/C14H28N2S/c1-4-17-14-7-5-6-13(14)16-9-8-12(15-3)10-11(16)2/h11-15H,4-10H2,1-3H3. The molecule has 2 rings (SSSR count). The first kappa shape index (κ1) is 13.7. The third-order valence-corrected chi connectivity index (χ3v) is 5.87. The Kier molecular flexibility index (Phi) is 5.19. The summed E-state index contributed by atoms with van der Waals surface area (Å²) < 4.78 is 0. The van der Waals surface area contributed by atoms with Crippen LogP contribution in [0.1, 0.15) is 46.0 Å². The SMILES string of the molecule is CCSC1CCCC1N1CCC(NC)CC1C. The molecule has 2 fully saturated rings. The summed E-state index contributed by atoms with van der Waals surface area (Å²) in [4.78, 5) is 2.81. The zero-order valence-corrected chi connectivity index (χ0v) is 12.4. The average molecular weight is 256 g/mol. The fourth-order valence-electron chi connectivity index (χ4n) is 3.64. The maximum atomic E-state index is 3.45. The van der Waals surface area contributed by atoms with Crippen molar-refractivity contribution in [3.63, 3.8) is 0 Å². The van der Waals surface area contributed by atoms with Crippen LogP contribution in [0.4, 0.5) is 0 Å². The minimum Gasteiger partial charge on any atom is -0.317 e. The lowest BCUT2D eigenvalue weighted by Gasteiger charge is -2.43. The minimum absolute atomic E-state index is 0.750. The first-order valence-electron chi connectivity index (χ1n) is 7.30. The molecule has 3 heteroatoms. The second-order valence-corrected chi connectivity index (χ2v) is 7.11. The highest BCUT2D eigenvalue weighted by atomic mass is 32.2. The molecule has 0 aromatic rings. The molecule has 17 heavy (non-hydrogen) atoms. The summed E-state index contributed by atoms with van der Waals surface area (Å²) in [7, 11) is 2.11. The summed E-state index contributed by atoms with van der Waals surface area (Å²) in [6.45, 7) is 6.03. The van der Waals surface area contributed by atoms with E-state index >= 15 is 0 Å². The van der Waals surface area contributed by atoms with Crippen LogP contribution in [-0.4, -0.2) is 47.6 Å². The third kappa shape index (κ3) is 3.18. The Morgan fingerprint density at radius 2 is 2.12 bits per heavy atom. The van der Waals surface area contributed by atoms with Crippen LogP contribution in [0.15, 0.2) is 0 Å². The number of thioether (sulfide) groups is 1. The number of nitrogens with zero attached hydrogens (tertiary/aromatic N) is 1. The number of nitrogens with one attached hydrogen (secondary N) is 1. The molecule has 0 aromatic carbocycles. The molecule has 0 radical (unpaired) electrons. The van der Waals surface area contributed by atoms with E-state index < -0.39 is 0 Å². The lowest BCUT2D eigenvalue weighted by atomic mass is 9.96.